The van der Waals surface area contributed by atoms with Crippen molar-refractivity contribution in [2.45, 2.75) is 30.7 Å². The number of piperazine rings is 1. The molecule has 0 spiro atoms. The third-order valence-corrected chi connectivity index (χ3v) is 8.09. The van der Waals surface area contributed by atoms with Crippen molar-refractivity contribution in [2.24, 2.45) is 0 Å². The van der Waals surface area contributed by atoms with Gasteiger partial charge >= 0.3 is 0 Å². The van der Waals surface area contributed by atoms with Crippen LogP contribution in [0.25, 0.3) is 11.0 Å². The molecule has 4 rings (SSSR count). The smallest absolute Gasteiger partial charge is 0.246 e. The lowest BCUT2D eigenvalue weighted by atomic mass is 10.2. The first-order valence-corrected chi connectivity index (χ1v) is 11.5. The standard InChI is InChI=1S/C17H23N5O3S2/c1-2-20-9-11-21(12-10-20)17(23)14-6-4-8-22(14)27(24,25)15-7-3-5-13-16(15)19-26-18-13/h3,5,7,14H,2,4,6,8-12H2,1H3/p+1/t14-/m0/s1. The minimum Gasteiger partial charge on any atom is -0.332 e. The summed E-state index contributed by atoms with van der Waals surface area (Å²) in [6.07, 6.45) is 1.27. The van der Waals surface area contributed by atoms with Crippen LogP contribution in [-0.4, -0.2) is 77.6 Å². The van der Waals surface area contributed by atoms with Crippen LogP contribution in [0.2, 0.25) is 0 Å². The predicted octanol–water partition coefficient (Wildman–Crippen LogP) is -0.409. The summed E-state index contributed by atoms with van der Waals surface area (Å²) in [5, 5.41) is 0. The minimum absolute atomic E-state index is 0.0604. The van der Waals surface area contributed by atoms with Gasteiger partial charge in [-0.2, -0.15) is 13.1 Å². The van der Waals surface area contributed by atoms with Crippen molar-refractivity contribution in [3.63, 3.8) is 0 Å². The molecule has 1 amide bonds. The van der Waals surface area contributed by atoms with Crippen molar-refractivity contribution in [1.29, 1.82) is 0 Å². The molecule has 0 saturated carbocycles. The molecule has 2 saturated heterocycles. The Labute approximate surface area is 163 Å². The Bertz CT molecular complexity index is 937. The number of benzene rings is 1. The lowest BCUT2D eigenvalue weighted by Gasteiger charge is -2.34. The van der Waals surface area contributed by atoms with E-state index in [4.69, 9.17) is 0 Å². The number of hydrogen-bond acceptors (Lipinski definition) is 6. The zero-order valence-electron chi connectivity index (χ0n) is 15.3. The molecule has 1 aromatic heterocycles. The van der Waals surface area contributed by atoms with Crippen LogP contribution in [-0.2, 0) is 14.8 Å². The van der Waals surface area contributed by atoms with Crippen molar-refractivity contribution in [3.05, 3.63) is 18.2 Å². The minimum atomic E-state index is -3.80. The molecule has 2 aliphatic heterocycles. The van der Waals surface area contributed by atoms with E-state index in [0.717, 1.165) is 31.4 Å². The molecular weight excluding hydrogens is 386 g/mol. The zero-order valence-corrected chi connectivity index (χ0v) is 16.9. The Morgan fingerprint density at radius 3 is 2.78 bits per heavy atom. The molecule has 3 heterocycles. The van der Waals surface area contributed by atoms with E-state index in [0.29, 0.717) is 43.5 Å². The van der Waals surface area contributed by atoms with E-state index >= 15 is 0 Å². The maximum atomic E-state index is 13.3. The Hall–Kier alpha value is -1.62. The van der Waals surface area contributed by atoms with E-state index < -0.39 is 16.1 Å². The fourth-order valence-corrected chi connectivity index (χ4v) is 6.40. The van der Waals surface area contributed by atoms with Gasteiger partial charge in [0.2, 0.25) is 15.9 Å². The summed E-state index contributed by atoms with van der Waals surface area (Å²) >= 11 is 0.997. The summed E-state index contributed by atoms with van der Waals surface area (Å²) in [4.78, 5) is 16.5. The molecule has 1 aromatic carbocycles. The predicted molar refractivity (Wildman–Crippen MR) is 102 cm³/mol. The largest absolute Gasteiger partial charge is 0.332 e. The third kappa shape index (κ3) is 3.35. The molecule has 2 aromatic rings. The molecule has 1 N–H and O–H groups in total. The molecule has 0 unspecified atom stereocenters. The van der Waals surface area contributed by atoms with Gasteiger partial charge in [0.05, 0.1) is 44.5 Å². The summed E-state index contributed by atoms with van der Waals surface area (Å²) in [6, 6.07) is 4.37. The molecule has 2 fully saturated rings. The Balaban J connectivity index is 1.59. The second-order valence-electron chi connectivity index (χ2n) is 7.09. The van der Waals surface area contributed by atoms with Crippen molar-refractivity contribution < 1.29 is 18.1 Å². The van der Waals surface area contributed by atoms with Gasteiger partial charge in [0.15, 0.2) is 0 Å². The Morgan fingerprint density at radius 1 is 1.26 bits per heavy atom. The Kier molecular flexibility index (Phi) is 5.15. The summed E-state index contributed by atoms with van der Waals surface area (Å²) < 4.78 is 36.3. The topological polar surface area (TPSA) is 87.9 Å². The molecule has 0 radical (unpaired) electrons. The molecule has 10 heteroatoms. The number of nitrogens with zero attached hydrogens (tertiary/aromatic N) is 4. The summed E-state index contributed by atoms with van der Waals surface area (Å²) in [5.74, 6) is -0.0604. The second-order valence-corrected chi connectivity index (χ2v) is 9.48. The average molecular weight is 411 g/mol. The normalized spacial score (nSPS) is 22.6. The SMILES string of the molecule is CC[NH+]1CCN(C(=O)[C@@H]2CCCN2S(=O)(=O)c2cccc3nsnc23)CC1. The van der Waals surface area contributed by atoms with Crippen molar-refractivity contribution in [3.8, 4) is 0 Å². The number of amides is 1. The zero-order chi connectivity index (χ0) is 19.0. The first-order chi connectivity index (χ1) is 13.0. The second kappa shape index (κ2) is 7.42. The number of likely N-dealkylation sites (N-methyl/N-ethyl adjacent to an activating group) is 1. The molecule has 146 valence electrons. The number of aromatic nitrogens is 2. The maximum absolute atomic E-state index is 13.3. The van der Waals surface area contributed by atoms with E-state index in [2.05, 4.69) is 15.7 Å². The number of carbonyl (C=O) groups excluding carboxylic acids is 1. The van der Waals surface area contributed by atoms with E-state index in [1.54, 1.807) is 18.2 Å². The number of hydrogen-bond donors (Lipinski definition) is 1. The first-order valence-electron chi connectivity index (χ1n) is 9.38. The van der Waals surface area contributed by atoms with Crippen LogP contribution in [0.1, 0.15) is 19.8 Å². The third-order valence-electron chi connectivity index (χ3n) is 5.61. The van der Waals surface area contributed by atoms with E-state index in [9.17, 15) is 13.2 Å². The van der Waals surface area contributed by atoms with Gasteiger partial charge in [0, 0.05) is 6.54 Å². The maximum Gasteiger partial charge on any atom is 0.246 e. The van der Waals surface area contributed by atoms with Crippen LogP contribution in [0.5, 0.6) is 0 Å². The highest BCUT2D eigenvalue weighted by atomic mass is 32.2. The van der Waals surface area contributed by atoms with E-state index in [1.807, 2.05) is 4.90 Å². The van der Waals surface area contributed by atoms with Crippen LogP contribution in [0.15, 0.2) is 23.1 Å². The van der Waals surface area contributed by atoms with Crippen molar-refractivity contribution in [1.82, 2.24) is 18.0 Å². The number of fused-ring (bicyclic) bond motifs is 1. The number of nitrogens with one attached hydrogen (secondary N) is 1. The molecule has 0 aliphatic carbocycles. The fraction of sp³-hybridized carbons (Fsp3) is 0.588. The quantitative estimate of drug-likeness (QED) is 0.741. The van der Waals surface area contributed by atoms with Gasteiger partial charge < -0.3 is 9.80 Å². The summed E-state index contributed by atoms with van der Waals surface area (Å²) in [7, 11) is -3.80. The highest BCUT2D eigenvalue weighted by Crippen LogP contribution is 2.30. The monoisotopic (exact) mass is 410 g/mol. The highest BCUT2D eigenvalue weighted by Gasteiger charge is 2.42. The highest BCUT2D eigenvalue weighted by molar-refractivity contribution is 7.89. The lowest BCUT2D eigenvalue weighted by molar-refractivity contribution is -0.902. The van der Waals surface area contributed by atoms with Gasteiger partial charge in [-0.1, -0.05) is 6.07 Å². The number of quaternary nitrogens is 1. The van der Waals surface area contributed by atoms with E-state index in [1.165, 1.54) is 9.21 Å². The number of rotatable bonds is 4. The van der Waals surface area contributed by atoms with Gasteiger partial charge in [-0.25, -0.2) is 8.42 Å². The van der Waals surface area contributed by atoms with Crippen molar-refractivity contribution in [2.75, 3.05) is 39.3 Å². The number of carbonyl (C=O) groups is 1. The molecule has 27 heavy (non-hydrogen) atoms. The number of sulfonamides is 1. The van der Waals surface area contributed by atoms with Gasteiger partial charge in [-0.05, 0) is 31.9 Å². The summed E-state index contributed by atoms with van der Waals surface area (Å²) in [5.41, 5.74) is 0.961. The van der Waals surface area contributed by atoms with Gasteiger partial charge in [-0.15, -0.1) is 0 Å². The fourth-order valence-electron chi connectivity index (χ4n) is 4.00. The van der Waals surface area contributed by atoms with Crippen LogP contribution >= 0.6 is 11.7 Å². The van der Waals surface area contributed by atoms with Crippen LogP contribution in [0, 0.1) is 0 Å². The molecule has 1 atom stereocenters. The molecular formula is C17H24N5O3S2+. The van der Waals surface area contributed by atoms with E-state index in [-0.39, 0.29) is 10.8 Å². The van der Waals surface area contributed by atoms with Crippen LogP contribution in [0.4, 0.5) is 0 Å². The van der Waals surface area contributed by atoms with Gasteiger partial charge in [-0.3, -0.25) is 4.79 Å². The molecule has 8 nitrogen and oxygen atoms in total. The average Bonchev–Trinajstić information content (AvgIpc) is 3.36. The summed E-state index contributed by atoms with van der Waals surface area (Å²) in [6.45, 7) is 6.80. The molecule has 0 bridgehead atoms. The molecule has 2 aliphatic rings. The van der Waals surface area contributed by atoms with Crippen molar-refractivity contribution >= 4 is 38.7 Å². The van der Waals surface area contributed by atoms with Crippen LogP contribution in [0.3, 0.4) is 0 Å². The lowest BCUT2D eigenvalue weighted by Crippen LogP contribution is -3.14. The van der Waals surface area contributed by atoms with Gasteiger partial charge in [0.1, 0.15) is 22.0 Å². The Morgan fingerprint density at radius 2 is 2.04 bits per heavy atom. The van der Waals surface area contributed by atoms with Crippen LogP contribution < -0.4 is 4.90 Å². The van der Waals surface area contributed by atoms with Gasteiger partial charge in [0.25, 0.3) is 0 Å². The first kappa shape index (κ1) is 18.7.